The fraction of sp³-hybridized carbons (Fsp3) is 0.200. The summed E-state index contributed by atoms with van der Waals surface area (Å²) in [6.45, 7) is 1.24. The molecule has 3 rings (SSSR count). The summed E-state index contributed by atoms with van der Waals surface area (Å²) in [6, 6.07) is 16.6. The summed E-state index contributed by atoms with van der Waals surface area (Å²) < 4.78 is 14.3. The van der Waals surface area contributed by atoms with Gasteiger partial charge in [-0.1, -0.05) is 24.3 Å². The van der Waals surface area contributed by atoms with Crippen molar-refractivity contribution >= 4 is 45.2 Å². The van der Waals surface area contributed by atoms with Gasteiger partial charge in [0.1, 0.15) is 0 Å². The number of hydrogen-bond donors (Lipinski definition) is 0. The van der Waals surface area contributed by atoms with E-state index in [4.69, 9.17) is 9.47 Å². The Morgan fingerprint density at radius 3 is 1.68 bits per heavy atom. The SMILES string of the molecule is Ic1cccc(C2(c3cccc(I)c3)OCCO2)c1. The Morgan fingerprint density at radius 2 is 1.26 bits per heavy atom. The van der Waals surface area contributed by atoms with Gasteiger partial charge >= 0.3 is 0 Å². The van der Waals surface area contributed by atoms with Crippen LogP contribution >= 0.6 is 45.2 Å². The van der Waals surface area contributed by atoms with Crippen LogP contribution in [0.5, 0.6) is 0 Å². The second-order valence-corrected chi connectivity index (χ2v) is 6.83. The Balaban J connectivity index is 2.14. The average Bonchev–Trinajstić information content (AvgIpc) is 2.89. The Hall–Kier alpha value is -0.180. The summed E-state index contributed by atoms with van der Waals surface area (Å²) >= 11 is 4.62. The van der Waals surface area contributed by atoms with E-state index in [1.807, 2.05) is 12.1 Å². The Kier molecular flexibility index (Phi) is 4.11. The van der Waals surface area contributed by atoms with E-state index in [1.165, 1.54) is 7.14 Å². The van der Waals surface area contributed by atoms with Crippen molar-refractivity contribution in [1.29, 1.82) is 0 Å². The molecule has 98 valence electrons. The predicted molar refractivity (Wildman–Crippen MR) is 91.0 cm³/mol. The van der Waals surface area contributed by atoms with E-state index in [1.54, 1.807) is 0 Å². The van der Waals surface area contributed by atoms with Gasteiger partial charge in [0, 0.05) is 18.3 Å². The molecule has 0 aromatic heterocycles. The smallest absolute Gasteiger partial charge is 0.222 e. The second kappa shape index (κ2) is 5.67. The zero-order chi connectivity index (χ0) is 13.3. The first-order chi connectivity index (χ1) is 9.21. The summed E-state index contributed by atoms with van der Waals surface area (Å²) in [7, 11) is 0. The maximum absolute atomic E-state index is 5.99. The van der Waals surface area contributed by atoms with Crippen LogP contribution in [0.15, 0.2) is 48.5 Å². The van der Waals surface area contributed by atoms with Crippen LogP contribution in [0, 0.1) is 7.14 Å². The third-order valence-corrected chi connectivity index (χ3v) is 4.45. The lowest BCUT2D eigenvalue weighted by atomic mass is 9.97. The largest absolute Gasteiger partial charge is 0.340 e. The molecule has 4 heteroatoms. The van der Waals surface area contributed by atoms with Gasteiger partial charge in [0.2, 0.25) is 5.79 Å². The average molecular weight is 478 g/mol. The van der Waals surface area contributed by atoms with E-state index in [0.717, 1.165) is 11.1 Å². The molecule has 1 saturated heterocycles. The highest BCUT2D eigenvalue weighted by Gasteiger charge is 2.40. The van der Waals surface area contributed by atoms with E-state index < -0.39 is 5.79 Å². The van der Waals surface area contributed by atoms with Crippen LogP contribution < -0.4 is 0 Å². The summed E-state index contributed by atoms with van der Waals surface area (Å²) in [4.78, 5) is 0. The lowest BCUT2D eigenvalue weighted by Gasteiger charge is -2.28. The van der Waals surface area contributed by atoms with E-state index in [2.05, 4.69) is 81.6 Å². The molecule has 0 aliphatic carbocycles. The number of rotatable bonds is 2. The Bertz CT molecular complexity index is 545. The quantitative estimate of drug-likeness (QED) is 0.605. The lowest BCUT2D eigenvalue weighted by molar-refractivity contribution is -0.130. The van der Waals surface area contributed by atoms with Crippen LogP contribution in [0.4, 0.5) is 0 Å². The Labute approximate surface area is 139 Å². The first-order valence-electron chi connectivity index (χ1n) is 6.01. The lowest BCUT2D eigenvalue weighted by Crippen LogP contribution is -2.28. The maximum atomic E-state index is 5.99. The molecule has 0 amide bonds. The molecular weight excluding hydrogens is 466 g/mol. The number of benzene rings is 2. The van der Waals surface area contributed by atoms with Crippen LogP contribution in [0.2, 0.25) is 0 Å². The van der Waals surface area contributed by atoms with Gasteiger partial charge in [0.05, 0.1) is 13.2 Å². The van der Waals surface area contributed by atoms with Crippen LogP contribution in [0.25, 0.3) is 0 Å². The van der Waals surface area contributed by atoms with Crippen molar-refractivity contribution < 1.29 is 9.47 Å². The highest BCUT2D eigenvalue weighted by molar-refractivity contribution is 14.1. The molecule has 0 saturated carbocycles. The van der Waals surface area contributed by atoms with Crippen LogP contribution in [0.3, 0.4) is 0 Å². The minimum Gasteiger partial charge on any atom is -0.340 e. The van der Waals surface area contributed by atoms with Crippen molar-refractivity contribution in [2.24, 2.45) is 0 Å². The van der Waals surface area contributed by atoms with Gasteiger partial charge < -0.3 is 9.47 Å². The molecule has 0 unspecified atom stereocenters. The minimum absolute atomic E-state index is 0.622. The van der Waals surface area contributed by atoms with Crippen molar-refractivity contribution in [2.75, 3.05) is 13.2 Å². The van der Waals surface area contributed by atoms with Gasteiger partial charge in [-0.2, -0.15) is 0 Å². The van der Waals surface area contributed by atoms with Gasteiger partial charge in [-0.15, -0.1) is 0 Å². The molecule has 19 heavy (non-hydrogen) atoms. The van der Waals surface area contributed by atoms with Crippen LogP contribution in [-0.2, 0) is 15.3 Å². The number of ether oxygens (including phenoxy) is 2. The predicted octanol–water partition coefficient (Wildman–Crippen LogP) is 4.14. The molecule has 1 heterocycles. The van der Waals surface area contributed by atoms with Crippen molar-refractivity contribution in [3.8, 4) is 0 Å². The van der Waals surface area contributed by atoms with Crippen molar-refractivity contribution in [2.45, 2.75) is 5.79 Å². The molecule has 1 aliphatic heterocycles. The van der Waals surface area contributed by atoms with Gasteiger partial charge in [-0.3, -0.25) is 0 Å². The topological polar surface area (TPSA) is 18.5 Å². The molecule has 2 aromatic carbocycles. The van der Waals surface area contributed by atoms with E-state index in [9.17, 15) is 0 Å². The molecule has 0 N–H and O–H groups in total. The van der Waals surface area contributed by atoms with E-state index in [-0.39, 0.29) is 0 Å². The third-order valence-electron chi connectivity index (χ3n) is 3.10. The minimum atomic E-state index is -0.748. The Morgan fingerprint density at radius 1 is 0.789 bits per heavy atom. The number of hydrogen-bond acceptors (Lipinski definition) is 2. The molecule has 0 radical (unpaired) electrons. The summed E-state index contributed by atoms with van der Waals surface area (Å²) in [6.07, 6.45) is 0. The van der Waals surface area contributed by atoms with Gasteiger partial charge in [0.15, 0.2) is 0 Å². The van der Waals surface area contributed by atoms with Gasteiger partial charge in [0.25, 0.3) is 0 Å². The molecule has 1 fully saturated rings. The van der Waals surface area contributed by atoms with Crippen molar-refractivity contribution in [3.63, 3.8) is 0 Å². The van der Waals surface area contributed by atoms with Crippen molar-refractivity contribution in [3.05, 3.63) is 66.8 Å². The van der Waals surface area contributed by atoms with E-state index >= 15 is 0 Å². The van der Waals surface area contributed by atoms with Gasteiger partial charge in [-0.05, 0) is 69.4 Å². The summed E-state index contributed by atoms with van der Waals surface area (Å²) in [5.41, 5.74) is 2.11. The zero-order valence-corrected chi connectivity index (χ0v) is 14.4. The van der Waals surface area contributed by atoms with Crippen LogP contribution in [0.1, 0.15) is 11.1 Å². The van der Waals surface area contributed by atoms with E-state index in [0.29, 0.717) is 13.2 Å². The standard InChI is InChI=1S/C15H12I2O2/c16-13-5-1-3-11(9-13)15(18-7-8-19-15)12-4-2-6-14(17)10-12/h1-6,9-10H,7-8H2. The van der Waals surface area contributed by atoms with Crippen molar-refractivity contribution in [1.82, 2.24) is 0 Å². The third kappa shape index (κ3) is 2.68. The molecule has 1 aliphatic rings. The fourth-order valence-corrected chi connectivity index (χ4v) is 3.39. The van der Waals surface area contributed by atoms with Gasteiger partial charge in [-0.25, -0.2) is 0 Å². The fourth-order valence-electron chi connectivity index (χ4n) is 2.30. The molecule has 0 spiro atoms. The summed E-state index contributed by atoms with van der Waals surface area (Å²) in [5.74, 6) is -0.748. The van der Waals surface area contributed by atoms with Crippen LogP contribution in [-0.4, -0.2) is 13.2 Å². The zero-order valence-electron chi connectivity index (χ0n) is 10.1. The highest BCUT2D eigenvalue weighted by Crippen LogP contribution is 2.39. The molecule has 2 nitrogen and oxygen atoms in total. The molecule has 2 aromatic rings. The monoisotopic (exact) mass is 478 g/mol. The maximum Gasteiger partial charge on any atom is 0.222 e. The summed E-state index contributed by atoms with van der Waals surface area (Å²) in [5, 5.41) is 0. The normalized spacial score (nSPS) is 17.6. The first kappa shape index (κ1) is 13.8. The molecule has 0 atom stereocenters. The molecule has 0 bridgehead atoms. The highest BCUT2D eigenvalue weighted by atomic mass is 127. The second-order valence-electron chi connectivity index (χ2n) is 4.33. The number of halogens is 2. The first-order valence-corrected chi connectivity index (χ1v) is 8.16. The molecular formula is C15H12I2O2.